The summed E-state index contributed by atoms with van der Waals surface area (Å²) in [5.41, 5.74) is 0. The van der Waals surface area contributed by atoms with E-state index in [4.69, 9.17) is 0 Å². The molecule has 2 amide bonds. The number of carbonyl (C=O) groups excluding carboxylic acids is 2. The van der Waals surface area contributed by atoms with Gasteiger partial charge in [-0.2, -0.15) is 5.10 Å². The van der Waals surface area contributed by atoms with Crippen molar-refractivity contribution in [2.45, 2.75) is 38.1 Å². The molecule has 108 valence electrons. The van der Waals surface area contributed by atoms with Crippen LogP contribution in [0, 0.1) is 5.92 Å². The number of hydrogen-bond donors (Lipinski definition) is 1. The lowest BCUT2D eigenvalue weighted by molar-refractivity contribution is -0.129. The smallest absolute Gasteiger partial charge is 0.230 e. The van der Waals surface area contributed by atoms with Crippen molar-refractivity contribution in [2.24, 2.45) is 13.0 Å². The zero-order valence-electron chi connectivity index (χ0n) is 11.7. The van der Waals surface area contributed by atoms with Crippen LogP contribution in [0.5, 0.6) is 0 Å². The third kappa shape index (κ3) is 2.55. The van der Waals surface area contributed by atoms with Crippen LogP contribution in [0.2, 0.25) is 0 Å². The van der Waals surface area contributed by atoms with E-state index in [-0.39, 0.29) is 17.7 Å². The molecule has 20 heavy (non-hydrogen) atoms. The van der Waals surface area contributed by atoms with E-state index in [1.165, 1.54) is 12.8 Å². The molecule has 0 spiro atoms. The van der Waals surface area contributed by atoms with E-state index in [1.807, 2.05) is 4.90 Å². The van der Waals surface area contributed by atoms with Crippen LogP contribution in [-0.2, 0) is 16.6 Å². The van der Waals surface area contributed by atoms with Gasteiger partial charge in [-0.25, -0.2) is 0 Å². The van der Waals surface area contributed by atoms with Crippen molar-refractivity contribution in [2.75, 3.05) is 11.9 Å². The predicted molar refractivity (Wildman–Crippen MR) is 73.9 cm³/mol. The summed E-state index contributed by atoms with van der Waals surface area (Å²) in [6.45, 7) is 0.558. The Morgan fingerprint density at radius 1 is 1.40 bits per heavy atom. The summed E-state index contributed by atoms with van der Waals surface area (Å²) >= 11 is 0. The zero-order valence-corrected chi connectivity index (χ0v) is 11.7. The highest BCUT2D eigenvalue weighted by molar-refractivity contribution is 5.96. The minimum atomic E-state index is -0.245. The highest BCUT2D eigenvalue weighted by atomic mass is 16.2. The summed E-state index contributed by atoms with van der Waals surface area (Å²) in [6.07, 6.45) is 6.66. The fourth-order valence-electron chi connectivity index (χ4n) is 3.19. The van der Waals surface area contributed by atoms with E-state index in [0.717, 1.165) is 12.8 Å². The maximum Gasteiger partial charge on any atom is 0.230 e. The van der Waals surface area contributed by atoms with Crippen molar-refractivity contribution in [3.63, 3.8) is 0 Å². The summed E-state index contributed by atoms with van der Waals surface area (Å²) < 4.78 is 1.64. The number of aromatic nitrogens is 2. The molecule has 1 aliphatic carbocycles. The van der Waals surface area contributed by atoms with Gasteiger partial charge in [-0.05, 0) is 12.8 Å². The summed E-state index contributed by atoms with van der Waals surface area (Å²) in [4.78, 5) is 26.2. The van der Waals surface area contributed by atoms with Gasteiger partial charge < -0.3 is 10.2 Å². The van der Waals surface area contributed by atoms with Gasteiger partial charge in [0.05, 0.1) is 5.92 Å². The Bertz CT molecular complexity index is 519. The van der Waals surface area contributed by atoms with E-state index < -0.39 is 0 Å². The zero-order chi connectivity index (χ0) is 14.1. The Kier molecular flexibility index (Phi) is 3.46. The van der Waals surface area contributed by atoms with Crippen LogP contribution in [0.1, 0.15) is 32.1 Å². The first-order valence-corrected chi connectivity index (χ1v) is 7.23. The monoisotopic (exact) mass is 276 g/mol. The second-order valence-corrected chi connectivity index (χ2v) is 5.75. The van der Waals surface area contributed by atoms with E-state index >= 15 is 0 Å². The highest BCUT2D eigenvalue weighted by Crippen LogP contribution is 2.29. The average molecular weight is 276 g/mol. The number of rotatable bonds is 3. The lowest BCUT2D eigenvalue weighted by atomic mass is 10.1. The molecule has 1 aromatic heterocycles. The number of likely N-dealkylation sites (tertiary alicyclic amines) is 1. The van der Waals surface area contributed by atoms with E-state index in [9.17, 15) is 9.59 Å². The van der Waals surface area contributed by atoms with Gasteiger partial charge in [0.25, 0.3) is 0 Å². The van der Waals surface area contributed by atoms with Crippen LogP contribution < -0.4 is 5.32 Å². The van der Waals surface area contributed by atoms with Crippen LogP contribution in [0.4, 0.5) is 5.82 Å². The second-order valence-electron chi connectivity index (χ2n) is 5.75. The topological polar surface area (TPSA) is 67.2 Å². The molecule has 0 unspecified atom stereocenters. The largest absolute Gasteiger partial charge is 0.339 e. The number of nitrogens with zero attached hydrogens (tertiary/aromatic N) is 3. The SMILES string of the molecule is Cn1ccc(NC(=O)[C@@H]2CC(=O)N(C3CCCC3)C2)n1. The summed E-state index contributed by atoms with van der Waals surface area (Å²) in [7, 11) is 1.80. The lowest BCUT2D eigenvalue weighted by Crippen LogP contribution is -2.35. The Morgan fingerprint density at radius 3 is 2.80 bits per heavy atom. The molecule has 2 aliphatic rings. The quantitative estimate of drug-likeness (QED) is 0.900. The first-order chi connectivity index (χ1) is 9.63. The van der Waals surface area contributed by atoms with Gasteiger partial charge in [0, 0.05) is 38.3 Å². The number of amides is 2. The molecule has 2 fully saturated rings. The molecule has 0 radical (unpaired) electrons. The summed E-state index contributed by atoms with van der Waals surface area (Å²) in [6, 6.07) is 2.11. The maximum absolute atomic E-state index is 12.2. The second kappa shape index (κ2) is 5.26. The van der Waals surface area contributed by atoms with Crippen molar-refractivity contribution in [3.05, 3.63) is 12.3 Å². The lowest BCUT2D eigenvalue weighted by Gasteiger charge is -2.23. The Labute approximate surface area is 118 Å². The molecule has 1 saturated heterocycles. The standard InChI is InChI=1S/C14H20N4O2/c1-17-7-6-12(16-17)15-14(20)10-8-13(19)18(9-10)11-4-2-3-5-11/h6-7,10-11H,2-5,8-9H2,1H3,(H,15,16,20)/t10-/m1/s1. The van der Waals surface area contributed by atoms with Gasteiger partial charge in [0.1, 0.15) is 0 Å². The molecule has 0 aromatic carbocycles. The van der Waals surface area contributed by atoms with Crippen LogP contribution in [0.25, 0.3) is 0 Å². The van der Waals surface area contributed by atoms with Gasteiger partial charge in [-0.3, -0.25) is 14.3 Å². The molecule has 1 atom stereocenters. The normalized spacial score (nSPS) is 23.6. The maximum atomic E-state index is 12.2. The van der Waals surface area contributed by atoms with Crippen molar-refractivity contribution in [3.8, 4) is 0 Å². The number of nitrogens with one attached hydrogen (secondary N) is 1. The van der Waals surface area contributed by atoms with E-state index in [2.05, 4.69) is 10.4 Å². The van der Waals surface area contributed by atoms with Gasteiger partial charge in [-0.1, -0.05) is 12.8 Å². The van der Waals surface area contributed by atoms with Crippen LogP contribution in [-0.4, -0.2) is 39.1 Å². The highest BCUT2D eigenvalue weighted by Gasteiger charge is 2.38. The number of anilines is 1. The molecular weight excluding hydrogens is 256 g/mol. The van der Waals surface area contributed by atoms with Gasteiger partial charge in [0.15, 0.2) is 5.82 Å². The molecular formula is C14H20N4O2. The molecule has 2 heterocycles. The van der Waals surface area contributed by atoms with E-state index in [1.54, 1.807) is 24.0 Å². The molecule has 1 aromatic rings. The molecule has 1 saturated carbocycles. The van der Waals surface area contributed by atoms with Crippen LogP contribution >= 0.6 is 0 Å². The molecule has 0 bridgehead atoms. The van der Waals surface area contributed by atoms with Crippen molar-refractivity contribution < 1.29 is 9.59 Å². The molecule has 1 aliphatic heterocycles. The Hall–Kier alpha value is -1.85. The fraction of sp³-hybridized carbons (Fsp3) is 0.643. The first-order valence-electron chi connectivity index (χ1n) is 7.23. The fourth-order valence-corrected chi connectivity index (χ4v) is 3.19. The average Bonchev–Trinajstić information content (AvgIpc) is 3.10. The van der Waals surface area contributed by atoms with Gasteiger partial charge in [-0.15, -0.1) is 0 Å². The Balaban J connectivity index is 1.60. The summed E-state index contributed by atoms with van der Waals surface area (Å²) in [5.74, 6) is 0.324. The van der Waals surface area contributed by atoms with Crippen LogP contribution in [0.15, 0.2) is 12.3 Å². The third-order valence-electron chi connectivity index (χ3n) is 4.26. The predicted octanol–water partition coefficient (Wildman–Crippen LogP) is 1.15. The van der Waals surface area contributed by atoms with Gasteiger partial charge >= 0.3 is 0 Å². The van der Waals surface area contributed by atoms with Crippen molar-refractivity contribution >= 4 is 17.6 Å². The number of aryl methyl sites for hydroxylation is 1. The third-order valence-corrected chi connectivity index (χ3v) is 4.26. The Morgan fingerprint density at radius 2 is 2.15 bits per heavy atom. The minimum Gasteiger partial charge on any atom is -0.339 e. The van der Waals surface area contributed by atoms with Crippen molar-refractivity contribution in [1.29, 1.82) is 0 Å². The molecule has 1 N–H and O–H groups in total. The summed E-state index contributed by atoms with van der Waals surface area (Å²) in [5, 5.41) is 6.91. The van der Waals surface area contributed by atoms with E-state index in [0.29, 0.717) is 24.8 Å². The molecule has 3 rings (SSSR count). The van der Waals surface area contributed by atoms with Crippen molar-refractivity contribution in [1.82, 2.24) is 14.7 Å². The number of carbonyl (C=O) groups is 2. The minimum absolute atomic E-state index is 0.0995. The molecule has 6 heteroatoms. The number of hydrogen-bond acceptors (Lipinski definition) is 3. The molecule has 6 nitrogen and oxygen atoms in total. The first kappa shape index (κ1) is 13.1. The van der Waals surface area contributed by atoms with Gasteiger partial charge in [0.2, 0.25) is 11.8 Å². The van der Waals surface area contributed by atoms with Crippen LogP contribution in [0.3, 0.4) is 0 Å².